The summed E-state index contributed by atoms with van der Waals surface area (Å²) in [5.41, 5.74) is 2.53. The molecule has 0 aromatic heterocycles. The smallest absolute Gasteiger partial charge is 0.161 e. The fourth-order valence-electron chi connectivity index (χ4n) is 1.67. The second kappa shape index (κ2) is 5.75. The molecule has 16 heavy (non-hydrogen) atoms. The largest absolute Gasteiger partial charge is 0.493 e. The number of aryl methyl sites for hydroxylation is 1. The molecule has 0 saturated heterocycles. The molecule has 0 aliphatic carbocycles. The second-order valence-corrected chi connectivity index (χ2v) is 4.03. The molecule has 0 aliphatic rings. The third-order valence-electron chi connectivity index (χ3n) is 2.86. The van der Waals surface area contributed by atoms with E-state index in [9.17, 15) is 0 Å². The third kappa shape index (κ3) is 2.89. The number of hydrogen-bond donors (Lipinski definition) is 1. The van der Waals surface area contributed by atoms with Gasteiger partial charge >= 0.3 is 0 Å². The summed E-state index contributed by atoms with van der Waals surface area (Å²) in [6.45, 7) is 4.26. The van der Waals surface area contributed by atoms with Crippen molar-refractivity contribution in [3.63, 3.8) is 0 Å². The Morgan fingerprint density at radius 3 is 2.25 bits per heavy atom. The molecule has 1 atom stereocenters. The lowest BCUT2D eigenvalue weighted by atomic mass is 10.0. The lowest BCUT2D eigenvalue weighted by Gasteiger charge is -2.15. The summed E-state index contributed by atoms with van der Waals surface area (Å²) in [5.74, 6) is 1.59. The molecular weight excluding hydrogens is 202 g/mol. The SMILES string of the molecule is CNC(C)Cc1cc(OC)c(OC)cc1C. The predicted octanol–water partition coefficient (Wildman–Crippen LogP) is 2.16. The Morgan fingerprint density at radius 2 is 1.75 bits per heavy atom. The Kier molecular flexibility index (Phi) is 4.62. The highest BCUT2D eigenvalue weighted by atomic mass is 16.5. The summed E-state index contributed by atoms with van der Waals surface area (Å²) in [5, 5.41) is 3.23. The Balaban J connectivity index is 3.01. The lowest BCUT2D eigenvalue weighted by Crippen LogP contribution is -2.23. The van der Waals surface area contributed by atoms with Crippen molar-refractivity contribution < 1.29 is 9.47 Å². The molecule has 0 heterocycles. The molecule has 0 spiro atoms. The average molecular weight is 223 g/mol. The van der Waals surface area contributed by atoms with Crippen molar-refractivity contribution in [1.82, 2.24) is 5.32 Å². The van der Waals surface area contributed by atoms with Crippen molar-refractivity contribution in [3.8, 4) is 11.5 Å². The minimum Gasteiger partial charge on any atom is -0.493 e. The van der Waals surface area contributed by atoms with Crippen LogP contribution in [-0.4, -0.2) is 27.3 Å². The van der Waals surface area contributed by atoms with Gasteiger partial charge in [-0.05, 0) is 50.6 Å². The van der Waals surface area contributed by atoms with Crippen LogP contribution in [0.3, 0.4) is 0 Å². The zero-order valence-corrected chi connectivity index (χ0v) is 10.8. The van der Waals surface area contributed by atoms with Crippen LogP contribution in [0.1, 0.15) is 18.1 Å². The number of ether oxygens (including phenoxy) is 2. The molecule has 3 nitrogen and oxygen atoms in total. The normalized spacial score (nSPS) is 12.3. The number of methoxy groups -OCH3 is 2. The molecule has 1 rings (SSSR count). The molecule has 0 amide bonds. The summed E-state index contributed by atoms with van der Waals surface area (Å²) in [4.78, 5) is 0. The van der Waals surface area contributed by atoms with Crippen LogP contribution >= 0.6 is 0 Å². The van der Waals surface area contributed by atoms with Crippen LogP contribution in [0.15, 0.2) is 12.1 Å². The van der Waals surface area contributed by atoms with E-state index in [-0.39, 0.29) is 0 Å². The van der Waals surface area contributed by atoms with Gasteiger partial charge in [0.1, 0.15) is 0 Å². The molecule has 1 aromatic carbocycles. The van der Waals surface area contributed by atoms with Gasteiger partial charge in [0.05, 0.1) is 14.2 Å². The molecule has 3 heteroatoms. The van der Waals surface area contributed by atoms with Gasteiger partial charge in [-0.3, -0.25) is 0 Å². The standard InChI is InChI=1S/C13H21NO2/c1-9-6-12(15-4)13(16-5)8-11(9)7-10(2)14-3/h6,8,10,14H,7H2,1-5H3. The number of nitrogens with one attached hydrogen (secondary N) is 1. The van der Waals surface area contributed by atoms with Crippen molar-refractivity contribution in [3.05, 3.63) is 23.3 Å². The van der Waals surface area contributed by atoms with E-state index in [2.05, 4.69) is 25.2 Å². The van der Waals surface area contributed by atoms with E-state index < -0.39 is 0 Å². The molecule has 1 N–H and O–H groups in total. The molecule has 0 bridgehead atoms. The minimum atomic E-state index is 0.455. The van der Waals surface area contributed by atoms with E-state index >= 15 is 0 Å². The lowest BCUT2D eigenvalue weighted by molar-refractivity contribution is 0.354. The topological polar surface area (TPSA) is 30.5 Å². The quantitative estimate of drug-likeness (QED) is 0.829. The van der Waals surface area contributed by atoms with Crippen LogP contribution in [0.4, 0.5) is 0 Å². The highest BCUT2D eigenvalue weighted by Crippen LogP contribution is 2.30. The first kappa shape index (κ1) is 12.8. The van der Waals surface area contributed by atoms with Crippen molar-refractivity contribution in [1.29, 1.82) is 0 Å². The summed E-state index contributed by atoms with van der Waals surface area (Å²) < 4.78 is 10.6. The van der Waals surface area contributed by atoms with E-state index in [4.69, 9.17) is 9.47 Å². The molecule has 0 aliphatic heterocycles. The van der Waals surface area contributed by atoms with E-state index in [1.165, 1.54) is 11.1 Å². The predicted molar refractivity (Wildman–Crippen MR) is 66.5 cm³/mol. The Morgan fingerprint density at radius 1 is 1.19 bits per heavy atom. The molecule has 90 valence electrons. The summed E-state index contributed by atoms with van der Waals surface area (Å²) in [7, 11) is 5.30. The fraction of sp³-hybridized carbons (Fsp3) is 0.538. The van der Waals surface area contributed by atoms with Gasteiger partial charge in [0.2, 0.25) is 0 Å². The van der Waals surface area contributed by atoms with Gasteiger partial charge in [0.15, 0.2) is 11.5 Å². The van der Waals surface area contributed by atoms with Crippen LogP contribution in [0.5, 0.6) is 11.5 Å². The molecule has 1 aromatic rings. The van der Waals surface area contributed by atoms with Crippen molar-refractivity contribution >= 4 is 0 Å². The van der Waals surface area contributed by atoms with Gasteiger partial charge in [-0.25, -0.2) is 0 Å². The third-order valence-corrected chi connectivity index (χ3v) is 2.86. The van der Waals surface area contributed by atoms with Crippen molar-refractivity contribution in [2.45, 2.75) is 26.3 Å². The van der Waals surface area contributed by atoms with E-state index in [1.54, 1.807) is 14.2 Å². The first-order valence-corrected chi connectivity index (χ1v) is 5.51. The molecule has 1 unspecified atom stereocenters. The van der Waals surface area contributed by atoms with Gasteiger partial charge in [0, 0.05) is 6.04 Å². The van der Waals surface area contributed by atoms with Gasteiger partial charge < -0.3 is 14.8 Å². The Hall–Kier alpha value is -1.22. The number of likely N-dealkylation sites (N-methyl/N-ethyl adjacent to an activating group) is 1. The maximum atomic E-state index is 5.30. The highest BCUT2D eigenvalue weighted by Gasteiger charge is 2.10. The van der Waals surface area contributed by atoms with E-state index in [0.29, 0.717) is 6.04 Å². The Labute approximate surface area is 97.8 Å². The van der Waals surface area contributed by atoms with Crippen LogP contribution < -0.4 is 14.8 Å². The molecule has 0 radical (unpaired) electrons. The Bertz CT molecular complexity index is 350. The van der Waals surface area contributed by atoms with Crippen LogP contribution in [-0.2, 0) is 6.42 Å². The van der Waals surface area contributed by atoms with Crippen LogP contribution in [0.2, 0.25) is 0 Å². The minimum absolute atomic E-state index is 0.455. The van der Waals surface area contributed by atoms with Crippen LogP contribution in [0, 0.1) is 6.92 Å². The van der Waals surface area contributed by atoms with Gasteiger partial charge in [0.25, 0.3) is 0 Å². The zero-order chi connectivity index (χ0) is 12.1. The van der Waals surface area contributed by atoms with E-state index in [0.717, 1.165) is 17.9 Å². The molecule has 0 fully saturated rings. The average Bonchev–Trinajstić information content (AvgIpc) is 2.30. The zero-order valence-electron chi connectivity index (χ0n) is 10.8. The number of rotatable bonds is 5. The molecule has 0 saturated carbocycles. The first-order valence-electron chi connectivity index (χ1n) is 5.51. The maximum absolute atomic E-state index is 5.30. The molecular formula is C13H21NO2. The summed E-state index contributed by atoms with van der Waals surface area (Å²) in [6, 6.07) is 4.54. The summed E-state index contributed by atoms with van der Waals surface area (Å²) in [6.07, 6.45) is 0.989. The number of benzene rings is 1. The van der Waals surface area contributed by atoms with Gasteiger partial charge in [-0.1, -0.05) is 0 Å². The second-order valence-electron chi connectivity index (χ2n) is 4.03. The van der Waals surface area contributed by atoms with E-state index in [1.807, 2.05) is 13.1 Å². The van der Waals surface area contributed by atoms with Crippen molar-refractivity contribution in [2.75, 3.05) is 21.3 Å². The monoisotopic (exact) mass is 223 g/mol. The fourth-order valence-corrected chi connectivity index (χ4v) is 1.67. The van der Waals surface area contributed by atoms with Crippen molar-refractivity contribution in [2.24, 2.45) is 0 Å². The van der Waals surface area contributed by atoms with Crippen LogP contribution in [0.25, 0.3) is 0 Å². The highest BCUT2D eigenvalue weighted by molar-refractivity contribution is 5.47. The van der Waals surface area contributed by atoms with Gasteiger partial charge in [-0.2, -0.15) is 0 Å². The van der Waals surface area contributed by atoms with Gasteiger partial charge in [-0.15, -0.1) is 0 Å². The summed E-state index contributed by atoms with van der Waals surface area (Å²) >= 11 is 0. The first-order chi connectivity index (χ1) is 7.62. The maximum Gasteiger partial charge on any atom is 0.161 e. The number of hydrogen-bond acceptors (Lipinski definition) is 3.